The molecular weight excluding hydrogens is 174 g/mol. The molecule has 0 aliphatic rings. The number of hydrogen-bond donors (Lipinski definition) is 1. The minimum absolute atomic E-state index is 0.311. The van der Waals surface area contributed by atoms with Crippen LogP contribution in [0.15, 0.2) is 24.3 Å². The van der Waals surface area contributed by atoms with Crippen molar-refractivity contribution in [3.63, 3.8) is 0 Å². The Labute approximate surface area is 79.1 Å². The number of aliphatic hydroxyl groups excluding tert-OH is 1. The van der Waals surface area contributed by atoms with Gasteiger partial charge < -0.3 is 5.11 Å². The van der Waals surface area contributed by atoms with Crippen LogP contribution in [0.5, 0.6) is 0 Å². The molecule has 0 fully saturated rings. The first-order valence-corrected chi connectivity index (χ1v) is 4.41. The summed E-state index contributed by atoms with van der Waals surface area (Å²) in [5, 5.41) is 9.12. The highest BCUT2D eigenvalue weighted by Gasteiger charge is 2.03. The quantitative estimate of drug-likeness (QED) is 0.642. The maximum Gasteiger partial charge on any atom is 0.0639 e. The lowest BCUT2D eigenvalue weighted by Gasteiger charge is -2.19. The van der Waals surface area contributed by atoms with Crippen LogP contribution in [-0.2, 0) is 0 Å². The molecule has 0 aromatic carbocycles. The maximum absolute atomic E-state index is 9.12. The molecule has 0 heterocycles. The zero-order valence-electron chi connectivity index (χ0n) is 7.41. The highest BCUT2D eigenvalue weighted by Crippen LogP contribution is 1.93. The van der Waals surface area contributed by atoms with Crippen molar-refractivity contribution in [3.8, 4) is 0 Å². The Bertz CT molecular complexity index is 145. The first-order valence-electron chi connectivity index (χ1n) is 3.97. The van der Waals surface area contributed by atoms with Crippen molar-refractivity contribution in [3.05, 3.63) is 24.3 Å². The molecule has 0 aliphatic carbocycles. The molecule has 0 aromatic rings. The zero-order chi connectivity index (χ0) is 9.40. The van der Waals surface area contributed by atoms with Crippen LogP contribution in [0.25, 0.3) is 0 Å². The first-order chi connectivity index (χ1) is 5.70. The van der Waals surface area contributed by atoms with Crippen molar-refractivity contribution < 1.29 is 5.11 Å². The summed E-state index contributed by atoms with van der Waals surface area (Å²) in [7, 11) is 0. The van der Waals surface area contributed by atoms with Gasteiger partial charge in [0.05, 0.1) is 6.10 Å². The Morgan fingerprint density at radius 3 is 2.67 bits per heavy atom. The van der Waals surface area contributed by atoms with Gasteiger partial charge in [0, 0.05) is 25.2 Å². The second kappa shape index (κ2) is 7.35. The van der Waals surface area contributed by atoms with Gasteiger partial charge >= 0.3 is 0 Å². The fourth-order valence-electron chi connectivity index (χ4n) is 0.969. The molecule has 3 heteroatoms. The molecule has 0 amide bonds. The van der Waals surface area contributed by atoms with Crippen molar-refractivity contribution in [2.24, 2.45) is 0 Å². The molecule has 1 N–H and O–H groups in total. The molecule has 0 saturated heterocycles. The summed E-state index contributed by atoms with van der Waals surface area (Å²) in [5.74, 6) is 0. The van der Waals surface area contributed by atoms with Gasteiger partial charge in [-0.1, -0.05) is 23.8 Å². The summed E-state index contributed by atoms with van der Waals surface area (Å²) in [6.07, 6.45) is 3.34. The lowest BCUT2D eigenvalue weighted by molar-refractivity contribution is 0.140. The van der Waals surface area contributed by atoms with Gasteiger partial charge in [0.1, 0.15) is 0 Å². The fraction of sp³-hybridized carbons (Fsp3) is 0.556. The lowest BCUT2D eigenvalue weighted by Crippen LogP contribution is -2.31. The number of halogens is 1. The van der Waals surface area contributed by atoms with E-state index < -0.39 is 0 Å². The lowest BCUT2D eigenvalue weighted by atomic mass is 10.3. The largest absolute Gasteiger partial charge is 0.392 e. The first kappa shape index (κ1) is 11.7. The van der Waals surface area contributed by atoms with E-state index in [1.807, 2.05) is 12.2 Å². The average molecular weight is 190 g/mol. The van der Waals surface area contributed by atoms with E-state index in [4.69, 9.17) is 16.7 Å². The molecule has 0 saturated carbocycles. The molecule has 12 heavy (non-hydrogen) atoms. The monoisotopic (exact) mass is 189 g/mol. The van der Waals surface area contributed by atoms with Crippen LogP contribution in [-0.4, -0.2) is 35.7 Å². The highest BCUT2D eigenvalue weighted by atomic mass is 35.5. The summed E-state index contributed by atoms with van der Waals surface area (Å²) < 4.78 is 0. The van der Waals surface area contributed by atoms with Crippen LogP contribution in [0.4, 0.5) is 0 Å². The van der Waals surface area contributed by atoms with Gasteiger partial charge in [0.15, 0.2) is 0 Å². The Kier molecular flexibility index (Phi) is 7.16. The van der Waals surface area contributed by atoms with Crippen molar-refractivity contribution in [2.45, 2.75) is 13.0 Å². The van der Waals surface area contributed by atoms with E-state index in [0.29, 0.717) is 6.54 Å². The summed E-state index contributed by atoms with van der Waals surface area (Å²) >= 11 is 5.39. The van der Waals surface area contributed by atoms with Crippen LogP contribution < -0.4 is 0 Å². The smallest absolute Gasteiger partial charge is 0.0639 e. The molecule has 1 atom stereocenters. The molecule has 0 spiro atoms. The Hall–Kier alpha value is -0.310. The molecule has 0 aromatic heterocycles. The minimum Gasteiger partial charge on any atom is -0.392 e. The van der Waals surface area contributed by atoms with Gasteiger partial charge in [-0.3, -0.25) is 4.90 Å². The summed E-state index contributed by atoms with van der Waals surface area (Å²) in [6.45, 7) is 7.57. The van der Waals surface area contributed by atoms with Crippen LogP contribution in [0.2, 0.25) is 0 Å². The van der Waals surface area contributed by atoms with E-state index in [1.165, 1.54) is 5.54 Å². The molecule has 0 radical (unpaired) electrons. The van der Waals surface area contributed by atoms with Gasteiger partial charge in [-0.05, 0) is 6.92 Å². The molecule has 0 bridgehead atoms. The number of rotatable bonds is 6. The topological polar surface area (TPSA) is 23.5 Å². The number of hydrogen-bond acceptors (Lipinski definition) is 2. The normalized spacial score (nSPS) is 14.0. The standard InChI is InChI=1S/C9H16ClNO/c1-3-6-11(7-4-5-10)8-9(2)12/h3-5,9,12H,1,6-8H2,2H3. The van der Waals surface area contributed by atoms with E-state index in [2.05, 4.69) is 11.5 Å². The molecule has 2 nitrogen and oxygen atoms in total. The van der Waals surface area contributed by atoms with Crippen LogP contribution in [0.1, 0.15) is 6.92 Å². The fourth-order valence-corrected chi connectivity index (χ4v) is 1.05. The van der Waals surface area contributed by atoms with Gasteiger partial charge in [-0.2, -0.15) is 0 Å². The van der Waals surface area contributed by atoms with E-state index in [9.17, 15) is 0 Å². The second-order valence-corrected chi connectivity index (χ2v) is 2.97. The van der Waals surface area contributed by atoms with E-state index in [1.54, 1.807) is 6.92 Å². The number of aliphatic hydroxyl groups is 1. The minimum atomic E-state index is -0.311. The van der Waals surface area contributed by atoms with Gasteiger partial charge in [-0.15, -0.1) is 6.58 Å². The van der Waals surface area contributed by atoms with Crippen LogP contribution >= 0.6 is 11.6 Å². The second-order valence-electron chi connectivity index (χ2n) is 2.72. The maximum atomic E-state index is 9.12. The molecule has 1 unspecified atom stereocenters. The zero-order valence-corrected chi connectivity index (χ0v) is 8.17. The van der Waals surface area contributed by atoms with E-state index in [-0.39, 0.29) is 6.10 Å². The van der Waals surface area contributed by atoms with Crippen molar-refractivity contribution in [2.75, 3.05) is 19.6 Å². The average Bonchev–Trinajstić information content (AvgIpc) is 2.00. The Morgan fingerprint density at radius 2 is 2.25 bits per heavy atom. The third-order valence-electron chi connectivity index (χ3n) is 1.36. The Balaban J connectivity index is 3.76. The van der Waals surface area contributed by atoms with Gasteiger partial charge in [0.25, 0.3) is 0 Å². The molecule has 0 aliphatic heterocycles. The predicted octanol–water partition coefficient (Wildman–Crippen LogP) is 1.61. The molecule has 70 valence electrons. The van der Waals surface area contributed by atoms with Crippen LogP contribution in [0, 0.1) is 0 Å². The van der Waals surface area contributed by atoms with Gasteiger partial charge in [-0.25, -0.2) is 0 Å². The predicted molar refractivity (Wildman–Crippen MR) is 53.3 cm³/mol. The molecular formula is C9H16ClNO. The van der Waals surface area contributed by atoms with Crippen molar-refractivity contribution in [1.82, 2.24) is 4.90 Å². The summed E-state index contributed by atoms with van der Waals surface area (Å²) in [4.78, 5) is 2.05. The van der Waals surface area contributed by atoms with E-state index in [0.717, 1.165) is 13.1 Å². The van der Waals surface area contributed by atoms with Gasteiger partial charge in [0.2, 0.25) is 0 Å². The van der Waals surface area contributed by atoms with E-state index >= 15 is 0 Å². The molecule has 0 rings (SSSR count). The SMILES string of the molecule is C=CCN(CC=CCl)CC(C)O. The summed E-state index contributed by atoms with van der Waals surface area (Å²) in [6, 6.07) is 0. The third kappa shape index (κ3) is 6.40. The third-order valence-corrected chi connectivity index (χ3v) is 1.54. The Morgan fingerprint density at radius 1 is 1.58 bits per heavy atom. The van der Waals surface area contributed by atoms with Crippen molar-refractivity contribution >= 4 is 11.6 Å². The number of nitrogens with zero attached hydrogens (tertiary/aromatic N) is 1. The highest BCUT2D eigenvalue weighted by molar-refractivity contribution is 6.25. The van der Waals surface area contributed by atoms with Crippen molar-refractivity contribution in [1.29, 1.82) is 0 Å². The van der Waals surface area contributed by atoms with Crippen LogP contribution in [0.3, 0.4) is 0 Å². The summed E-state index contributed by atoms with van der Waals surface area (Å²) in [5.41, 5.74) is 1.48.